The Morgan fingerprint density at radius 2 is 1.91 bits per heavy atom. The van der Waals surface area contributed by atoms with E-state index in [-0.39, 0.29) is 12.0 Å². The van der Waals surface area contributed by atoms with E-state index in [0.29, 0.717) is 5.56 Å². The Labute approximate surface area is 133 Å². The molecular formula is C16H22F4N2O. The third kappa shape index (κ3) is 4.81. The molecule has 23 heavy (non-hydrogen) atoms. The first-order valence-corrected chi connectivity index (χ1v) is 7.81. The van der Waals surface area contributed by atoms with Crippen LogP contribution >= 0.6 is 0 Å². The molecular weight excluding hydrogens is 312 g/mol. The molecule has 1 unspecified atom stereocenters. The van der Waals surface area contributed by atoms with Crippen LogP contribution in [0.2, 0.25) is 0 Å². The summed E-state index contributed by atoms with van der Waals surface area (Å²) in [4.78, 5) is 2.25. The molecule has 2 rings (SSSR count). The Balaban J connectivity index is 2.26. The summed E-state index contributed by atoms with van der Waals surface area (Å²) in [6, 6.07) is 3.75. The van der Waals surface area contributed by atoms with Crippen LogP contribution in [0.4, 0.5) is 17.6 Å². The van der Waals surface area contributed by atoms with E-state index in [9.17, 15) is 17.6 Å². The Bertz CT molecular complexity index is 515. The number of ether oxygens (including phenoxy) is 1. The molecule has 130 valence electrons. The Morgan fingerprint density at radius 3 is 2.43 bits per heavy atom. The van der Waals surface area contributed by atoms with Crippen LogP contribution in [0.5, 0.6) is 5.75 Å². The number of rotatable bonds is 5. The van der Waals surface area contributed by atoms with E-state index < -0.39 is 17.9 Å². The SMILES string of the molecule is CCC(C)[C@H](c1ccc(OC(F)(F)F)c(F)c1)N1CCNCC1. The van der Waals surface area contributed by atoms with Crippen LogP contribution in [0.1, 0.15) is 31.9 Å². The van der Waals surface area contributed by atoms with Gasteiger partial charge < -0.3 is 10.1 Å². The third-order valence-corrected chi connectivity index (χ3v) is 4.25. The first-order chi connectivity index (χ1) is 10.8. The Hall–Kier alpha value is -1.34. The number of nitrogens with zero attached hydrogens (tertiary/aromatic N) is 1. The highest BCUT2D eigenvalue weighted by atomic mass is 19.4. The molecule has 0 amide bonds. The molecule has 0 radical (unpaired) electrons. The fraction of sp³-hybridized carbons (Fsp3) is 0.625. The van der Waals surface area contributed by atoms with E-state index >= 15 is 0 Å². The number of benzene rings is 1. The summed E-state index contributed by atoms with van der Waals surface area (Å²) in [5, 5.41) is 3.26. The van der Waals surface area contributed by atoms with Crippen molar-refractivity contribution in [3.8, 4) is 5.75 Å². The van der Waals surface area contributed by atoms with E-state index in [1.165, 1.54) is 12.1 Å². The molecule has 1 aliphatic rings. The first-order valence-electron chi connectivity index (χ1n) is 7.81. The number of alkyl halides is 3. The Kier molecular flexibility index (Phi) is 5.86. The van der Waals surface area contributed by atoms with Crippen LogP contribution in [0, 0.1) is 11.7 Å². The predicted molar refractivity (Wildman–Crippen MR) is 79.7 cm³/mol. The number of nitrogens with one attached hydrogen (secondary N) is 1. The van der Waals surface area contributed by atoms with Gasteiger partial charge in [0.2, 0.25) is 0 Å². The molecule has 0 aliphatic carbocycles. The summed E-state index contributed by atoms with van der Waals surface area (Å²) in [7, 11) is 0. The zero-order chi connectivity index (χ0) is 17.0. The van der Waals surface area contributed by atoms with Crippen molar-refractivity contribution in [1.82, 2.24) is 10.2 Å². The summed E-state index contributed by atoms with van der Waals surface area (Å²) >= 11 is 0. The minimum atomic E-state index is -4.89. The zero-order valence-corrected chi connectivity index (χ0v) is 13.3. The lowest BCUT2D eigenvalue weighted by Crippen LogP contribution is -2.46. The molecule has 1 aromatic carbocycles. The van der Waals surface area contributed by atoms with Crippen molar-refractivity contribution < 1.29 is 22.3 Å². The van der Waals surface area contributed by atoms with Gasteiger partial charge in [-0.1, -0.05) is 26.3 Å². The molecule has 0 aromatic heterocycles. The van der Waals surface area contributed by atoms with E-state index in [1.54, 1.807) is 0 Å². The molecule has 1 saturated heterocycles. The highest BCUT2D eigenvalue weighted by Gasteiger charge is 2.33. The van der Waals surface area contributed by atoms with E-state index in [2.05, 4.69) is 28.8 Å². The molecule has 1 aromatic rings. The van der Waals surface area contributed by atoms with Gasteiger partial charge in [0.15, 0.2) is 11.6 Å². The number of hydrogen-bond donors (Lipinski definition) is 1. The second-order valence-corrected chi connectivity index (χ2v) is 5.85. The Morgan fingerprint density at radius 1 is 1.26 bits per heavy atom. The number of piperazine rings is 1. The first kappa shape index (κ1) is 18.0. The predicted octanol–water partition coefficient (Wildman–Crippen LogP) is 3.72. The summed E-state index contributed by atoms with van der Waals surface area (Å²) in [6.45, 7) is 7.49. The fourth-order valence-corrected chi connectivity index (χ4v) is 2.99. The van der Waals surface area contributed by atoms with Gasteiger partial charge in [-0.15, -0.1) is 13.2 Å². The average Bonchev–Trinajstić information content (AvgIpc) is 2.50. The van der Waals surface area contributed by atoms with Crippen LogP contribution in [0.15, 0.2) is 18.2 Å². The van der Waals surface area contributed by atoms with Crippen LogP contribution < -0.4 is 10.1 Å². The van der Waals surface area contributed by atoms with E-state index in [4.69, 9.17) is 0 Å². The molecule has 1 N–H and O–H groups in total. The van der Waals surface area contributed by atoms with Crippen LogP contribution in [0.3, 0.4) is 0 Å². The average molecular weight is 334 g/mol. The van der Waals surface area contributed by atoms with Crippen molar-refractivity contribution in [1.29, 1.82) is 0 Å². The highest BCUT2D eigenvalue weighted by Crippen LogP contribution is 2.34. The van der Waals surface area contributed by atoms with Gasteiger partial charge in [-0.2, -0.15) is 0 Å². The maximum atomic E-state index is 14.0. The van der Waals surface area contributed by atoms with E-state index in [1.807, 2.05) is 0 Å². The third-order valence-electron chi connectivity index (χ3n) is 4.25. The lowest BCUT2D eigenvalue weighted by Gasteiger charge is -2.38. The normalized spacial score (nSPS) is 19.4. The summed E-state index contributed by atoms with van der Waals surface area (Å²) in [5.41, 5.74) is 0.688. The molecule has 1 aliphatic heterocycles. The summed E-state index contributed by atoms with van der Waals surface area (Å²) < 4.78 is 54.5. The van der Waals surface area contributed by atoms with Crippen LogP contribution in [-0.2, 0) is 0 Å². The maximum Gasteiger partial charge on any atom is 0.573 e. The smallest absolute Gasteiger partial charge is 0.403 e. The van der Waals surface area contributed by atoms with Crippen molar-refractivity contribution in [2.75, 3.05) is 26.2 Å². The lowest BCUT2D eigenvalue weighted by molar-refractivity contribution is -0.275. The summed E-state index contributed by atoms with van der Waals surface area (Å²) in [5.74, 6) is -1.50. The molecule has 7 heteroatoms. The van der Waals surface area contributed by atoms with Crippen molar-refractivity contribution in [3.63, 3.8) is 0 Å². The molecule has 1 fully saturated rings. The second-order valence-electron chi connectivity index (χ2n) is 5.85. The van der Waals surface area contributed by atoms with Gasteiger partial charge in [0.1, 0.15) is 0 Å². The van der Waals surface area contributed by atoms with Crippen molar-refractivity contribution in [3.05, 3.63) is 29.6 Å². The van der Waals surface area contributed by atoms with Crippen LogP contribution in [0.25, 0.3) is 0 Å². The van der Waals surface area contributed by atoms with Crippen molar-refractivity contribution >= 4 is 0 Å². The zero-order valence-electron chi connectivity index (χ0n) is 13.3. The van der Waals surface area contributed by atoms with Gasteiger partial charge in [-0.05, 0) is 23.6 Å². The standard InChI is InChI=1S/C16H22F4N2O/c1-3-11(2)15(22-8-6-21-7-9-22)12-4-5-14(13(17)10-12)23-16(18,19)20/h4-5,10-11,15,21H,3,6-9H2,1-2H3/t11?,15-/m1/s1. The molecule has 2 atom stereocenters. The number of halogens is 4. The monoisotopic (exact) mass is 334 g/mol. The quantitative estimate of drug-likeness (QED) is 0.831. The molecule has 0 spiro atoms. The topological polar surface area (TPSA) is 24.5 Å². The molecule has 0 saturated carbocycles. The fourth-order valence-electron chi connectivity index (χ4n) is 2.99. The van der Waals surface area contributed by atoms with Crippen LogP contribution in [-0.4, -0.2) is 37.4 Å². The van der Waals surface area contributed by atoms with Gasteiger partial charge in [-0.25, -0.2) is 4.39 Å². The lowest BCUT2D eigenvalue weighted by atomic mass is 9.90. The molecule has 3 nitrogen and oxygen atoms in total. The van der Waals surface area contributed by atoms with Crippen molar-refractivity contribution in [2.45, 2.75) is 32.7 Å². The largest absolute Gasteiger partial charge is 0.573 e. The maximum absolute atomic E-state index is 14.0. The molecule has 1 heterocycles. The summed E-state index contributed by atoms with van der Waals surface area (Å²) in [6.07, 6.45) is -3.99. The van der Waals surface area contributed by atoms with Gasteiger partial charge in [0.05, 0.1) is 0 Å². The van der Waals surface area contributed by atoms with Gasteiger partial charge in [0.25, 0.3) is 0 Å². The van der Waals surface area contributed by atoms with Gasteiger partial charge in [-0.3, -0.25) is 4.90 Å². The van der Waals surface area contributed by atoms with Gasteiger partial charge in [0, 0.05) is 32.2 Å². The minimum Gasteiger partial charge on any atom is -0.403 e. The second kappa shape index (κ2) is 7.49. The highest BCUT2D eigenvalue weighted by molar-refractivity contribution is 5.31. The molecule has 0 bridgehead atoms. The van der Waals surface area contributed by atoms with Crippen molar-refractivity contribution in [2.24, 2.45) is 5.92 Å². The van der Waals surface area contributed by atoms with E-state index in [0.717, 1.165) is 38.7 Å². The van der Waals surface area contributed by atoms with Gasteiger partial charge >= 0.3 is 6.36 Å². The minimum absolute atomic E-state index is 0.0171. The number of hydrogen-bond acceptors (Lipinski definition) is 3.